The van der Waals surface area contributed by atoms with Crippen molar-refractivity contribution in [2.45, 2.75) is 13.5 Å². The molecule has 0 aliphatic rings. The fourth-order valence-corrected chi connectivity index (χ4v) is 3.17. The maximum atomic E-state index is 13.4. The topological polar surface area (TPSA) is 60.9 Å². The van der Waals surface area contributed by atoms with E-state index in [1.54, 1.807) is 29.6 Å². The second-order valence-corrected chi connectivity index (χ2v) is 5.43. The van der Waals surface area contributed by atoms with E-state index in [1.807, 2.05) is 0 Å². The Hall–Kier alpha value is -2.28. The molecule has 0 spiro atoms. The number of carbonyl (C=O) groups excluding carboxylic acids is 1. The summed E-state index contributed by atoms with van der Waals surface area (Å²) in [6, 6.07) is 6.62. The highest BCUT2D eigenvalue weighted by Crippen LogP contribution is 2.37. The molecule has 0 aliphatic carbocycles. The summed E-state index contributed by atoms with van der Waals surface area (Å²) >= 11 is 1.14. The normalized spacial score (nSPS) is 11.4. The molecule has 0 radical (unpaired) electrons. The molecule has 108 valence electrons. The number of ketones is 1. The molecule has 0 unspecified atom stereocenters. The number of nitrogens with zero attached hydrogens (tertiary/aromatic N) is 2. The third-order valence-corrected chi connectivity index (χ3v) is 4.02. The minimum Gasteiger partial charge on any atom is -0.390 e. The Labute approximate surface area is 122 Å². The van der Waals surface area contributed by atoms with Gasteiger partial charge in [0.15, 0.2) is 5.78 Å². The highest BCUT2D eigenvalue weighted by atomic mass is 32.1. The molecule has 4 nitrogen and oxygen atoms in total. The first kappa shape index (κ1) is 13.7. The SMILES string of the molecule is CC(=O)c1c(-c2nc3ccccc3n2C(F)F)csc1N. The zero-order valence-corrected chi connectivity index (χ0v) is 11.8. The highest BCUT2D eigenvalue weighted by Gasteiger charge is 2.24. The Morgan fingerprint density at radius 2 is 2.10 bits per heavy atom. The number of hydrogen-bond acceptors (Lipinski definition) is 4. The smallest absolute Gasteiger partial charge is 0.320 e. The van der Waals surface area contributed by atoms with Gasteiger partial charge in [-0.15, -0.1) is 11.3 Å². The summed E-state index contributed by atoms with van der Waals surface area (Å²) in [6.07, 6.45) is 0. The minimum absolute atomic E-state index is 0.0596. The summed E-state index contributed by atoms with van der Waals surface area (Å²) in [4.78, 5) is 16.0. The molecule has 0 fully saturated rings. The second kappa shape index (κ2) is 4.92. The van der Waals surface area contributed by atoms with Gasteiger partial charge < -0.3 is 5.73 Å². The lowest BCUT2D eigenvalue weighted by Gasteiger charge is -2.08. The number of nitrogens with two attached hydrogens (primary N) is 1. The van der Waals surface area contributed by atoms with Gasteiger partial charge in [-0.25, -0.2) is 4.98 Å². The quantitative estimate of drug-likeness (QED) is 0.745. The molecule has 0 bridgehead atoms. The first-order valence-corrected chi connectivity index (χ1v) is 7.02. The van der Waals surface area contributed by atoms with Crippen LogP contribution in [-0.2, 0) is 0 Å². The molecule has 3 rings (SSSR count). The van der Waals surface area contributed by atoms with Gasteiger partial charge in [-0.05, 0) is 19.1 Å². The first-order valence-electron chi connectivity index (χ1n) is 6.14. The van der Waals surface area contributed by atoms with Crippen molar-refractivity contribution >= 4 is 33.2 Å². The van der Waals surface area contributed by atoms with Gasteiger partial charge in [-0.3, -0.25) is 9.36 Å². The second-order valence-electron chi connectivity index (χ2n) is 4.52. The van der Waals surface area contributed by atoms with Crippen LogP contribution in [0.15, 0.2) is 29.6 Å². The average molecular weight is 307 g/mol. The van der Waals surface area contributed by atoms with E-state index < -0.39 is 6.55 Å². The molecule has 3 aromatic rings. The lowest BCUT2D eigenvalue weighted by atomic mass is 10.1. The summed E-state index contributed by atoms with van der Waals surface area (Å²) in [5, 5.41) is 1.90. The van der Waals surface area contributed by atoms with Crippen LogP contribution >= 0.6 is 11.3 Å². The van der Waals surface area contributed by atoms with E-state index in [0.29, 0.717) is 21.6 Å². The largest absolute Gasteiger partial charge is 0.390 e. The number of aromatic nitrogens is 2. The van der Waals surface area contributed by atoms with Gasteiger partial charge in [0.05, 0.1) is 21.6 Å². The highest BCUT2D eigenvalue weighted by molar-refractivity contribution is 7.15. The van der Waals surface area contributed by atoms with Crippen molar-refractivity contribution in [3.8, 4) is 11.4 Å². The van der Waals surface area contributed by atoms with Gasteiger partial charge in [0.2, 0.25) is 0 Å². The Bertz CT molecular complexity index is 838. The number of imidazole rings is 1. The van der Waals surface area contributed by atoms with E-state index in [-0.39, 0.29) is 17.2 Å². The van der Waals surface area contributed by atoms with Gasteiger partial charge in [0.1, 0.15) is 5.82 Å². The van der Waals surface area contributed by atoms with Crippen molar-refractivity contribution in [3.63, 3.8) is 0 Å². The molecule has 0 saturated carbocycles. The molecule has 21 heavy (non-hydrogen) atoms. The number of alkyl halides is 2. The molecule has 0 aliphatic heterocycles. The predicted octanol–water partition coefficient (Wildman–Crippen LogP) is 3.94. The molecule has 7 heteroatoms. The number of anilines is 1. The maximum Gasteiger partial charge on any atom is 0.320 e. The number of fused-ring (bicyclic) bond motifs is 1. The van der Waals surface area contributed by atoms with Crippen molar-refractivity contribution in [3.05, 3.63) is 35.2 Å². The summed E-state index contributed by atoms with van der Waals surface area (Å²) in [7, 11) is 0. The van der Waals surface area contributed by atoms with Gasteiger partial charge in [0.25, 0.3) is 0 Å². The zero-order chi connectivity index (χ0) is 15.1. The van der Waals surface area contributed by atoms with E-state index in [4.69, 9.17) is 5.73 Å². The Kier molecular flexibility index (Phi) is 3.21. The fraction of sp³-hybridized carbons (Fsp3) is 0.143. The van der Waals surface area contributed by atoms with E-state index >= 15 is 0 Å². The predicted molar refractivity (Wildman–Crippen MR) is 78.7 cm³/mol. The Morgan fingerprint density at radius 3 is 2.76 bits per heavy atom. The van der Waals surface area contributed by atoms with Crippen LogP contribution in [0.4, 0.5) is 13.8 Å². The first-order chi connectivity index (χ1) is 10.0. The number of thiophene rings is 1. The van der Waals surface area contributed by atoms with E-state index in [1.165, 1.54) is 6.92 Å². The van der Waals surface area contributed by atoms with Gasteiger partial charge >= 0.3 is 6.55 Å². The molecular formula is C14H11F2N3OS. The van der Waals surface area contributed by atoms with Crippen LogP contribution in [0.2, 0.25) is 0 Å². The number of nitrogen functional groups attached to an aromatic ring is 1. The molecule has 2 aromatic heterocycles. The molecule has 2 N–H and O–H groups in total. The number of carbonyl (C=O) groups is 1. The summed E-state index contributed by atoms with van der Waals surface area (Å²) in [5.74, 6) is -0.207. The summed E-state index contributed by atoms with van der Waals surface area (Å²) in [5.41, 5.74) is 7.14. The average Bonchev–Trinajstić information content (AvgIpc) is 2.98. The van der Waals surface area contributed by atoms with Gasteiger partial charge in [0, 0.05) is 10.9 Å². The monoisotopic (exact) mass is 307 g/mol. The molecule has 2 heterocycles. The van der Waals surface area contributed by atoms with Crippen LogP contribution in [0.5, 0.6) is 0 Å². The summed E-state index contributed by atoms with van der Waals surface area (Å²) < 4.78 is 27.7. The molecule has 0 amide bonds. The van der Waals surface area contributed by atoms with Crippen LogP contribution < -0.4 is 5.73 Å². The summed E-state index contributed by atoms with van der Waals surface area (Å²) in [6.45, 7) is -1.40. The molecule has 0 saturated heterocycles. The van der Waals surface area contributed by atoms with E-state index in [9.17, 15) is 13.6 Å². The zero-order valence-electron chi connectivity index (χ0n) is 11.0. The van der Waals surface area contributed by atoms with Crippen LogP contribution in [0, 0.1) is 0 Å². The maximum absolute atomic E-state index is 13.4. The Balaban J connectivity index is 2.35. The van der Waals surface area contributed by atoms with Crippen molar-refractivity contribution in [1.29, 1.82) is 0 Å². The molecule has 1 aromatic carbocycles. The van der Waals surface area contributed by atoms with E-state index in [2.05, 4.69) is 4.98 Å². The van der Waals surface area contributed by atoms with Crippen LogP contribution in [-0.4, -0.2) is 15.3 Å². The number of halogens is 2. The fourth-order valence-electron chi connectivity index (χ4n) is 2.33. The lowest BCUT2D eigenvalue weighted by molar-refractivity contribution is 0.0763. The Morgan fingerprint density at radius 1 is 1.38 bits per heavy atom. The van der Waals surface area contributed by atoms with E-state index in [0.717, 1.165) is 15.9 Å². The lowest BCUT2D eigenvalue weighted by Crippen LogP contribution is -2.04. The van der Waals surface area contributed by atoms with Crippen molar-refractivity contribution in [2.75, 3.05) is 5.73 Å². The molecular weight excluding hydrogens is 296 g/mol. The van der Waals surface area contributed by atoms with Crippen LogP contribution in [0.3, 0.4) is 0 Å². The van der Waals surface area contributed by atoms with Crippen LogP contribution in [0.1, 0.15) is 23.8 Å². The van der Waals surface area contributed by atoms with Crippen LogP contribution in [0.25, 0.3) is 22.4 Å². The number of Topliss-reactive ketones (excluding diaryl/α,β-unsaturated/α-hetero) is 1. The third-order valence-electron chi connectivity index (χ3n) is 3.20. The number of hydrogen-bond donors (Lipinski definition) is 1. The van der Waals surface area contributed by atoms with Crippen molar-refractivity contribution < 1.29 is 13.6 Å². The third kappa shape index (κ3) is 2.09. The van der Waals surface area contributed by atoms with Gasteiger partial charge in [-0.2, -0.15) is 8.78 Å². The minimum atomic E-state index is -2.76. The number of benzene rings is 1. The standard InChI is InChI=1S/C14H11F2N3OS/c1-7(20)11-8(6-21-12(11)17)13-18-9-4-2-3-5-10(9)19(13)14(15)16/h2-6,14H,17H2,1H3. The molecule has 0 atom stereocenters. The van der Waals surface area contributed by atoms with Crippen molar-refractivity contribution in [1.82, 2.24) is 9.55 Å². The van der Waals surface area contributed by atoms with Gasteiger partial charge in [-0.1, -0.05) is 12.1 Å². The number of para-hydroxylation sites is 2. The van der Waals surface area contributed by atoms with Crippen molar-refractivity contribution in [2.24, 2.45) is 0 Å². The number of rotatable bonds is 3.